The first kappa shape index (κ1) is 18.2. The number of hydrogen-bond acceptors (Lipinski definition) is 5. The minimum atomic E-state index is -3.13. The summed E-state index contributed by atoms with van der Waals surface area (Å²) in [4.78, 5) is 15.0. The van der Waals surface area contributed by atoms with E-state index in [0.29, 0.717) is 0 Å². The molecular weight excluding hydrogens is 372 g/mol. The van der Waals surface area contributed by atoms with Crippen molar-refractivity contribution in [3.05, 3.63) is 39.6 Å². The van der Waals surface area contributed by atoms with Crippen LogP contribution in [0.25, 0.3) is 11.3 Å². The highest BCUT2D eigenvalue weighted by atomic mass is 35.5. The summed E-state index contributed by atoms with van der Waals surface area (Å²) in [5, 5.41) is -0.646. The predicted octanol–water partition coefficient (Wildman–Crippen LogP) is 4.86. The van der Waals surface area contributed by atoms with Crippen molar-refractivity contribution in [3.8, 4) is 17.1 Å². The van der Waals surface area contributed by atoms with Crippen molar-refractivity contribution in [1.29, 1.82) is 0 Å². The van der Waals surface area contributed by atoms with Gasteiger partial charge in [0.1, 0.15) is 10.8 Å². The third-order valence-electron chi connectivity index (χ3n) is 2.92. The molecule has 0 spiro atoms. The van der Waals surface area contributed by atoms with Crippen LogP contribution in [0.3, 0.4) is 0 Å². The molecule has 1 aromatic heterocycles. The molecule has 24 heavy (non-hydrogen) atoms. The fraction of sp³-hybridized carbons (Fsp3) is 0.143. The van der Waals surface area contributed by atoms with Crippen LogP contribution in [0.15, 0.2) is 18.2 Å². The number of carbonyl (C=O) groups is 1. The minimum Gasteiger partial charge on any atom is -0.437 e. The minimum absolute atomic E-state index is 0.103. The Labute approximate surface area is 144 Å². The number of rotatable bonds is 3. The molecule has 0 amide bonds. The molecule has 0 bridgehead atoms. The number of anilines is 1. The molecule has 0 saturated heterocycles. The zero-order chi connectivity index (χ0) is 18.0. The summed E-state index contributed by atoms with van der Waals surface area (Å²) in [5.74, 6) is -1.72. The van der Waals surface area contributed by atoms with Crippen LogP contribution in [-0.2, 0) is 4.74 Å². The van der Waals surface area contributed by atoms with Crippen LogP contribution in [0.5, 0.6) is 5.88 Å². The van der Waals surface area contributed by atoms with Crippen molar-refractivity contribution >= 4 is 35.0 Å². The lowest BCUT2D eigenvalue weighted by Crippen LogP contribution is -2.10. The van der Waals surface area contributed by atoms with Crippen molar-refractivity contribution in [1.82, 2.24) is 4.98 Å². The van der Waals surface area contributed by atoms with E-state index in [1.807, 2.05) is 0 Å². The van der Waals surface area contributed by atoms with E-state index in [2.05, 4.69) is 9.72 Å². The molecule has 0 aliphatic rings. The number of nitrogens with zero attached hydrogens (tertiary/aromatic N) is 1. The van der Waals surface area contributed by atoms with Gasteiger partial charge < -0.3 is 15.2 Å². The van der Waals surface area contributed by atoms with Gasteiger partial charge in [0.2, 0.25) is 5.88 Å². The second-order valence-corrected chi connectivity index (χ2v) is 5.18. The Balaban J connectivity index is 2.61. The molecule has 0 aliphatic carbocycles. The Morgan fingerprint density at radius 2 is 2.00 bits per heavy atom. The van der Waals surface area contributed by atoms with Crippen molar-refractivity contribution in [3.63, 3.8) is 0 Å². The second-order valence-electron chi connectivity index (χ2n) is 4.40. The van der Waals surface area contributed by atoms with Crippen LogP contribution in [-0.4, -0.2) is 18.2 Å². The predicted molar refractivity (Wildman–Crippen MR) is 82.1 cm³/mol. The van der Waals surface area contributed by atoms with Gasteiger partial charge in [0.15, 0.2) is 0 Å². The van der Waals surface area contributed by atoms with Crippen LogP contribution >= 0.6 is 23.2 Å². The molecule has 1 aromatic carbocycles. The highest BCUT2D eigenvalue weighted by Gasteiger charge is 2.23. The summed E-state index contributed by atoms with van der Waals surface area (Å²) in [6.45, 7) is 0. The van der Waals surface area contributed by atoms with Crippen molar-refractivity contribution in [2.24, 2.45) is 0 Å². The highest BCUT2D eigenvalue weighted by molar-refractivity contribution is 6.34. The lowest BCUT2D eigenvalue weighted by Gasteiger charge is -2.12. The second kappa shape index (κ2) is 7.14. The highest BCUT2D eigenvalue weighted by Crippen LogP contribution is 2.38. The van der Waals surface area contributed by atoms with E-state index in [1.54, 1.807) is 0 Å². The Hall–Kier alpha value is -2.19. The molecule has 2 aromatic rings. The van der Waals surface area contributed by atoms with Crippen LogP contribution in [0, 0.1) is 5.82 Å². The third-order valence-corrected chi connectivity index (χ3v) is 3.63. The molecule has 10 heteroatoms. The van der Waals surface area contributed by atoms with Crippen LogP contribution in [0.4, 0.5) is 23.7 Å². The van der Waals surface area contributed by atoms with Gasteiger partial charge in [-0.05, 0) is 18.2 Å². The number of aromatic nitrogens is 1. The van der Waals surface area contributed by atoms with Gasteiger partial charge >= 0.3 is 6.16 Å². The van der Waals surface area contributed by atoms with Crippen LogP contribution in [0.2, 0.25) is 10.0 Å². The zero-order valence-electron chi connectivity index (χ0n) is 11.9. The topological polar surface area (TPSA) is 74.4 Å². The molecule has 0 fully saturated rings. The SMILES string of the molecule is COC(=O)Oc1nc(-c2ccc(Cl)c(C(F)F)c2F)cc(N)c1Cl. The number of hydrogen-bond donors (Lipinski definition) is 1. The standard InChI is InChI=1S/C14H9Cl2F3N2O3/c1-23-14(22)24-13-10(16)7(20)4-8(21-13)5-2-3-6(15)9(11(5)17)12(18)19/h2-4,12H,1H3,(H2,20,21). The maximum atomic E-state index is 14.4. The number of nitrogens with two attached hydrogens (primary N) is 1. The summed E-state index contributed by atoms with van der Waals surface area (Å²) in [7, 11) is 1.05. The summed E-state index contributed by atoms with van der Waals surface area (Å²) < 4.78 is 49.2. The zero-order valence-corrected chi connectivity index (χ0v) is 13.5. The first-order chi connectivity index (χ1) is 11.3. The molecule has 0 unspecified atom stereocenters. The van der Waals surface area contributed by atoms with Crippen molar-refractivity contribution < 1.29 is 27.4 Å². The fourth-order valence-corrected chi connectivity index (χ4v) is 2.18. The van der Waals surface area contributed by atoms with E-state index >= 15 is 0 Å². The molecule has 0 aliphatic heterocycles. The number of alkyl halides is 2. The quantitative estimate of drug-likeness (QED) is 0.769. The van der Waals surface area contributed by atoms with Gasteiger partial charge in [-0.25, -0.2) is 22.9 Å². The lowest BCUT2D eigenvalue weighted by atomic mass is 10.1. The number of methoxy groups -OCH3 is 1. The van der Waals surface area contributed by atoms with Crippen LogP contribution < -0.4 is 10.5 Å². The average Bonchev–Trinajstić information content (AvgIpc) is 2.51. The van der Waals surface area contributed by atoms with Crippen molar-refractivity contribution in [2.75, 3.05) is 12.8 Å². The fourth-order valence-electron chi connectivity index (χ4n) is 1.82. The first-order valence-electron chi connectivity index (χ1n) is 6.24. The summed E-state index contributed by atoms with van der Waals surface area (Å²) in [6.07, 6.45) is -4.27. The number of halogens is 5. The van der Waals surface area contributed by atoms with Crippen LogP contribution in [0.1, 0.15) is 12.0 Å². The van der Waals surface area contributed by atoms with E-state index in [9.17, 15) is 18.0 Å². The number of carbonyl (C=O) groups excluding carboxylic acids is 1. The van der Waals surface area contributed by atoms with Gasteiger partial charge in [0, 0.05) is 5.56 Å². The van der Waals surface area contributed by atoms with Gasteiger partial charge in [0.05, 0.1) is 29.1 Å². The van der Waals surface area contributed by atoms with E-state index < -0.39 is 34.9 Å². The summed E-state index contributed by atoms with van der Waals surface area (Å²) >= 11 is 11.4. The van der Waals surface area contributed by atoms with Gasteiger partial charge in [-0.2, -0.15) is 0 Å². The summed E-state index contributed by atoms with van der Waals surface area (Å²) in [6, 6.07) is 3.38. The molecule has 128 valence electrons. The lowest BCUT2D eigenvalue weighted by molar-refractivity contribution is 0.120. The molecule has 5 nitrogen and oxygen atoms in total. The largest absolute Gasteiger partial charge is 0.514 e. The Morgan fingerprint density at radius 1 is 1.33 bits per heavy atom. The van der Waals surface area contributed by atoms with Gasteiger partial charge in [-0.3, -0.25) is 0 Å². The monoisotopic (exact) mass is 380 g/mol. The van der Waals surface area contributed by atoms with E-state index in [-0.39, 0.29) is 22.0 Å². The Kier molecular flexibility index (Phi) is 5.40. The van der Waals surface area contributed by atoms with E-state index in [4.69, 9.17) is 33.7 Å². The molecule has 1 heterocycles. The number of ether oxygens (including phenoxy) is 2. The number of pyridine rings is 1. The number of benzene rings is 1. The Bertz CT molecular complexity index is 803. The van der Waals surface area contributed by atoms with Gasteiger partial charge in [-0.1, -0.05) is 23.2 Å². The molecular formula is C14H9Cl2F3N2O3. The molecule has 0 saturated carbocycles. The maximum absolute atomic E-state index is 14.4. The average molecular weight is 381 g/mol. The van der Waals surface area contributed by atoms with Crippen molar-refractivity contribution in [2.45, 2.75) is 6.43 Å². The normalized spacial score (nSPS) is 10.8. The third kappa shape index (κ3) is 3.49. The number of nitrogen functional groups attached to an aromatic ring is 1. The summed E-state index contributed by atoms with van der Waals surface area (Å²) in [5.41, 5.74) is 4.09. The molecule has 0 radical (unpaired) electrons. The van der Waals surface area contributed by atoms with E-state index in [1.165, 1.54) is 0 Å². The molecule has 2 rings (SSSR count). The van der Waals surface area contributed by atoms with Gasteiger partial charge in [0.25, 0.3) is 6.43 Å². The van der Waals surface area contributed by atoms with Gasteiger partial charge in [-0.15, -0.1) is 0 Å². The smallest absolute Gasteiger partial charge is 0.437 e. The first-order valence-corrected chi connectivity index (χ1v) is 7.00. The molecule has 0 atom stereocenters. The maximum Gasteiger partial charge on any atom is 0.514 e. The van der Waals surface area contributed by atoms with E-state index in [0.717, 1.165) is 25.3 Å². The molecule has 2 N–H and O–H groups in total. The Morgan fingerprint density at radius 3 is 2.58 bits per heavy atom.